The summed E-state index contributed by atoms with van der Waals surface area (Å²) < 4.78 is 19.7. The predicted molar refractivity (Wildman–Crippen MR) is 166 cm³/mol. The molecule has 0 saturated heterocycles. The Hall–Kier alpha value is -4.21. The Kier molecular flexibility index (Phi) is 8.21. The summed E-state index contributed by atoms with van der Waals surface area (Å²) in [5, 5.41) is 3.62. The number of halogens is 1. The van der Waals surface area contributed by atoms with E-state index < -0.39 is 11.9 Å². The average Bonchev–Trinajstić information content (AvgIpc) is 3.28. The van der Waals surface area contributed by atoms with Gasteiger partial charge in [-0.25, -0.2) is 9.18 Å². The topological polar surface area (TPSA) is 74.4 Å². The molecule has 6 nitrogen and oxygen atoms in total. The van der Waals surface area contributed by atoms with E-state index in [1.165, 1.54) is 17.0 Å². The zero-order valence-electron chi connectivity index (χ0n) is 22.9. The van der Waals surface area contributed by atoms with Gasteiger partial charge in [0.2, 0.25) is 0 Å². The van der Waals surface area contributed by atoms with Crippen molar-refractivity contribution < 1.29 is 18.7 Å². The smallest absolute Gasteiger partial charge is 0.410 e. The van der Waals surface area contributed by atoms with Gasteiger partial charge in [-0.05, 0) is 65.1 Å². The van der Waals surface area contributed by atoms with Crippen molar-refractivity contribution in [3.05, 3.63) is 119 Å². The SMILES string of the molecule is CN(Cc1ccc(-c2[nH]c3cc(F)cc4c3c2CCNC4=O)cc1)C(=O)OCc1ccc(SSc2ccccc2)cc1. The Morgan fingerprint density at radius 1 is 0.929 bits per heavy atom. The second-order valence-electron chi connectivity index (χ2n) is 10.1. The van der Waals surface area contributed by atoms with E-state index in [9.17, 15) is 14.0 Å². The molecule has 0 atom stereocenters. The molecule has 9 heteroatoms. The van der Waals surface area contributed by atoms with Crippen molar-refractivity contribution in [2.45, 2.75) is 29.4 Å². The fourth-order valence-electron chi connectivity index (χ4n) is 5.02. The highest BCUT2D eigenvalue weighted by molar-refractivity contribution is 8.76. The van der Waals surface area contributed by atoms with Crippen LogP contribution in [0.1, 0.15) is 27.0 Å². The number of hydrogen-bond acceptors (Lipinski definition) is 5. The van der Waals surface area contributed by atoms with E-state index in [-0.39, 0.29) is 12.5 Å². The molecule has 1 aliphatic heterocycles. The van der Waals surface area contributed by atoms with E-state index in [4.69, 9.17) is 4.74 Å². The fraction of sp³-hybridized carbons (Fsp3) is 0.152. The first kappa shape index (κ1) is 27.9. The lowest BCUT2D eigenvalue weighted by molar-refractivity contribution is 0.0956. The lowest BCUT2D eigenvalue weighted by Gasteiger charge is -2.17. The minimum Gasteiger partial charge on any atom is -0.445 e. The van der Waals surface area contributed by atoms with E-state index in [1.54, 1.807) is 33.5 Å². The second-order valence-corrected chi connectivity index (χ2v) is 12.4. The highest BCUT2D eigenvalue weighted by Crippen LogP contribution is 2.37. The van der Waals surface area contributed by atoms with Crippen LogP contribution in [0.3, 0.4) is 0 Å². The number of hydrogen-bond donors (Lipinski definition) is 2. The van der Waals surface area contributed by atoms with Crippen LogP contribution in [-0.4, -0.2) is 35.5 Å². The van der Waals surface area contributed by atoms with E-state index in [1.807, 2.05) is 66.7 Å². The van der Waals surface area contributed by atoms with Crippen molar-refractivity contribution >= 4 is 44.5 Å². The quantitative estimate of drug-likeness (QED) is 0.178. The third kappa shape index (κ3) is 6.17. The van der Waals surface area contributed by atoms with Crippen LogP contribution < -0.4 is 5.32 Å². The Labute approximate surface area is 251 Å². The summed E-state index contributed by atoms with van der Waals surface area (Å²) in [6.45, 7) is 1.07. The van der Waals surface area contributed by atoms with Gasteiger partial charge in [0, 0.05) is 46.5 Å². The summed E-state index contributed by atoms with van der Waals surface area (Å²) in [7, 11) is 5.10. The van der Waals surface area contributed by atoms with Crippen LogP contribution in [0, 0.1) is 5.82 Å². The lowest BCUT2D eigenvalue weighted by Crippen LogP contribution is -2.26. The van der Waals surface area contributed by atoms with Gasteiger partial charge in [-0.1, -0.05) is 76.2 Å². The summed E-state index contributed by atoms with van der Waals surface area (Å²) in [4.78, 5) is 32.3. The standard InChI is InChI=1S/C33H28FN3O3S2/c1-37(33(39)40-20-22-9-13-26(14-10-22)42-41-25-5-3-2-4-6-25)19-21-7-11-23(12-8-21)31-27-15-16-35-32(38)28-17-24(34)18-29(36-31)30(27)28/h2-14,17-18,36H,15-16,19-20H2,1H3,(H,35,38). The highest BCUT2D eigenvalue weighted by Gasteiger charge is 2.23. The minimum absolute atomic E-state index is 0.196. The van der Waals surface area contributed by atoms with Gasteiger partial charge in [0.25, 0.3) is 5.91 Å². The second kappa shape index (κ2) is 12.3. The number of rotatable bonds is 8. The van der Waals surface area contributed by atoms with E-state index >= 15 is 0 Å². The number of benzene rings is 4. The minimum atomic E-state index is -0.451. The maximum atomic E-state index is 14.2. The van der Waals surface area contributed by atoms with Gasteiger partial charge in [0.15, 0.2) is 0 Å². The van der Waals surface area contributed by atoms with Crippen LogP contribution in [0.2, 0.25) is 0 Å². The van der Waals surface area contributed by atoms with Gasteiger partial charge in [-0.3, -0.25) is 4.79 Å². The van der Waals surface area contributed by atoms with Crippen molar-refractivity contribution in [2.75, 3.05) is 13.6 Å². The monoisotopic (exact) mass is 597 g/mol. The molecule has 212 valence electrons. The van der Waals surface area contributed by atoms with E-state index in [0.29, 0.717) is 30.6 Å². The lowest BCUT2D eigenvalue weighted by atomic mass is 9.99. The molecule has 2 amide bonds. The molecule has 0 spiro atoms. The molecule has 2 heterocycles. The van der Waals surface area contributed by atoms with Gasteiger partial charge in [0.1, 0.15) is 12.4 Å². The molecular weight excluding hydrogens is 570 g/mol. The molecule has 2 N–H and O–H groups in total. The summed E-state index contributed by atoms with van der Waals surface area (Å²) in [5.74, 6) is -0.712. The number of carbonyl (C=O) groups excluding carboxylic acids is 2. The number of aromatic nitrogens is 1. The number of nitrogens with zero attached hydrogens (tertiary/aromatic N) is 1. The maximum Gasteiger partial charge on any atom is 0.410 e. The van der Waals surface area contributed by atoms with Gasteiger partial charge in [-0.2, -0.15) is 0 Å². The zero-order valence-corrected chi connectivity index (χ0v) is 24.5. The van der Waals surface area contributed by atoms with Crippen LogP contribution in [0.25, 0.3) is 22.2 Å². The summed E-state index contributed by atoms with van der Waals surface area (Å²) in [6, 6.07) is 28.8. The molecule has 0 aliphatic carbocycles. The summed E-state index contributed by atoms with van der Waals surface area (Å²) in [5.41, 5.74) is 5.63. The maximum absolute atomic E-state index is 14.2. The van der Waals surface area contributed by atoms with Gasteiger partial charge < -0.3 is 19.9 Å². The Morgan fingerprint density at radius 2 is 1.62 bits per heavy atom. The first-order valence-corrected chi connectivity index (χ1v) is 15.7. The molecule has 1 aromatic heterocycles. The van der Waals surface area contributed by atoms with Crippen LogP contribution in [0.15, 0.2) is 101 Å². The zero-order chi connectivity index (χ0) is 29.1. The van der Waals surface area contributed by atoms with Crippen molar-refractivity contribution in [1.82, 2.24) is 15.2 Å². The molecule has 42 heavy (non-hydrogen) atoms. The molecule has 6 rings (SSSR count). The van der Waals surface area contributed by atoms with Crippen LogP contribution >= 0.6 is 21.6 Å². The number of H-pyrrole nitrogens is 1. The average molecular weight is 598 g/mol. The summed E-state index contributed by atoms with van der Waals surface area (Å²) >= 11 is 0. The highest BCUT2D eigenvalue weighted by atomic mass is 33.1. The van der Waals surface area contributed by atoms with Crippen LogP contribution in [-0.2, 0) is 24.3 Å². The molecule has 0 bridgehead atoms. The molecule has 5 aromatic rings. The van der Waals surface area contributed by atoms with Crippen molar-refractivity contribution in [3.8, 4) is 11.3 Å². The largest absolute Gasteiger partial charge is 0.445 e. The third-order valence-electron chi connectivity index (χ3n) is 7.11. The fourth-order valence-corrected chi connectivity index (χ4v) is 6.97. The molecule has 0 radical (unpaired) electrons. The predicted octanol–water partition coefficient (Wildman–Crippen LogP) is 7.83. The van der Waals surface area contributed by atoms with Gasteiger partial charge in [0.05, 0.1) is 5.56 Å². The Morgan fingerprint density at radius 3 is 2.36 bits per heavy atom. The van der Waals surface area contributed by atoms with E-state index in [0.717, 1.165) is 38.2 Å². The number of ether oxygens (including phenoxy) is 1. The molecular formula is C33H28FN3O3S2. The Bertz CT molecular complexity index is 1740. The molecule has 4 aromatic carbocycles. The van der Waals surface area contributed by atoms with Gasteiger partial charge in [-0.15, -0.1) is 0 Å². The first-order chi connectivity index (χ1) is 20.4. The normalized spacial score (nSPS) is 12.6. The van der Waals surface area contributed by atoms with Crippen LogP contribution in [0.4, 0.5) is 9.18 Å². The first-order valence-electron chi connectivity index (χ1n) is 13.5. The van der Waals surface area contributed by atoms with Crippen molar-refractivity contribution in [2.24, 2.45) is 0 Å². The third-order valence-corrected chi connectivity index (χ3v) is 9.53. The van der Waals surface area contributed by atoms with Gasteiger partial charge >= 0.3 is 6.09 Å². The number of amides is 2. The molecule has 0 saturated carbocycles. The molecule has 1 aliphatic rings. The van der Waals surface area contributed by atoms with Crippen LogP contribution in [0.5, 0.6) is 0 Å². The molecule has 0 unspecified atom stereocenters. The Balaban J connectivity index is 1.06. The van der Waals surface area contributed by atoms with Crippen molar-refractivity contribution in [1.29, 1.82) is 0 Å². The summed E-state index contributed by atoms with van der Waals surface area (Å²) in [6.07, 6.45) is 0.240. The molecule has 0 fully saturated rings. The number of aromatic amines is 1. The number of nitrogens with one attached hydrogen (secondary N) is 2. The van der Waals surface area contributed by atoms with Crippen molar-refractivity contribution in [3.63, 3.8) is 0 Å². The number of carbonyl (C=O) groups is 2. The van der Waals surface area contributed by atoms with E-state index in [2.05, 4.69) is 22.4 Å².